The van der Waals surface area contributed by atoms with E-state index < -0.39 is 23.6 Å². The van der Waals surface area contributed by atoms with Crippen molar-refractivity contribution < 1.29 is 32.0 Å². The van der Waals surface area contributed by atoms with Crippen LogP contribution in [-0.2, 0) is 10.9 Å². The third-order valence-electron chi connectivity index (χ3n) is 7.00. The van der Waals surface area contributed by atoms with E-state index in [1.807, 2.05) is 11.8 Å². The molecule has 0 radical (unpaired) electrons. The molecule has 1 unspecified atom stereocenters. The molecule has 0 bridgehead atoms. The topological polar surface area (TPSA) is 96.7 Å². The molecule has 2 fully saturated rings. The largest absolute Gasteiger partial charge is 0.416 e. The first kappa shape index (κ1) is 26.7. The predicted molar refractivity (Wildman–Crippen MR) is 139 cm³/mol. The minimum Gasteiger partial charge on any atom is -0.376 e. The molecule has 206 valence electrons. The van der Waals surface area contributed by atoms with E-state index >= 15 is 0 Å². The summed E-state index contributed by atoms with van der Waals surface area (Å²) in [6.07, 6.45) is -0.953. The number of nitrogens with one attached hydrogen (secondary N) is 2. The van der Waals surface area contributed by atoms with Gasteiger partial charge in [-0.15, -0.1) is 0 Å². The van der Waals surface area contributed by atoms with Gasteiger partial charge in [0.15, 0.2) is 0 Å². The highest BCUT2D eigenvalue weighted by molar-refractivity contribution is 6.05. The maximum Gasteiger partial charge on any atom is 0.416 e. The Labute approximate surface area is 223 Å². The van der Waals surface area contributed by atoms with Gasteiger partial charge in [-0.25, -0.2) is 0 Å². The first-order chi connectivity index (χ1) is 18.7. The van der Waals surface area contributed by atoms with Crippen LogP contribution in [0.2, 0.25) is 0 Å². The summed E-state index contributed by atoms with van der Waals surface area (Å²) in [6, 6.07) is 10.0. The Morgan fingerprint density at radius 1 is 1.05 bits per heavy atom. The summed E-state index contributed by atoms with van der Waals surface area (Å²) < 4.78 is 51.5. The smallest absolute Gasteiger partial charge is 0.376 e. The van der Waals surface area contributed by atoms with Gasteiger partial charge in [0.2, 0.25) is 5.76 Å². The van der Waals surface area contributed by atoms with Crippen LogP contribution < -0.4 is 15.5 Å². The van der Waals surface area contributed by atoms with Gasteiger partial charge in [0.05, 0.1) is 11.7 Å². The lowest BCUT2D eigenvalue weighted by molar-refractivity contribution is -0.137. The third-order valence-corrected chi connectivity index (χ3v) is 7.00. The number of hydrogen-bond acceptors (Lipinski definition) is 6. The van der Waals surface area contributed by atoms with Crippen LogP contribution in [-0.4, -0.2) is 49.3 Å². The van der Waals surface area contributed by atoms with E-state index in [-0.39, 0.29) is 17.4 Å². The summed E-state index contributed by atoms with van der Waals surface area (Å²) in [5.74, 6) is -1.04. The zero-order chi connectivity index (χ0) is 27.6. The van der Waals surface area contributed by atoms with Gasteiger partial charge in [-0.05, 0) is 68.5 Å². The maximum absolute atomic E-state index is 13.6. The van der Waals surface area contributed by atoms with Crippen LogP contribution >= 0.6 is 0 Å². The number of hydrogen-bond donors (Lipinski definition) is 2. The van der Waals surface area contributed by atoms with Crippen molar-refractivity contribution >= 4 is 23.2 Å². The number of anilines is 2. The van der Waals surface area contributed by atoms with Gasteiger partial charge in [-0.2, -0.15) is 13.2 Å². The molecule has 2 aliphatic heterocycles. The van der Waals surface area contributed by atoms with Crippen LogP contribution in [0.3, 0.4) is 0 Å². The van der Waals surface area contributed by atoms with E-state index in [0.717, 1.165) is 43.4 Å². The van der Waals surface area contributed by atoms with Gasteiger partial charge >= 0.3 is 6.18 Å². The van der Waals surface area contributed by atoms with Crippen LogP contribution in [0, 0.1) is 6.92 Å². The van der Waals surface area contributed by atoms with Crippen LogP contribution in [0.25, 0.3) is 11.3 Å². The van der Waals surface area contributed by atoms with Crippen LogP contribution in [0.1, 0.15) is 57.7 Å². The summed E-state index contributed by atoms with van der Waals surface area (Å²) in [6.45, 7) is 4.20. The van der Waals surface area contributed by atoms with E-state index in [1.165, 1.54) is 12.1 Å². The number of aryl methyl sites for hydroxylation is 1. The number of rotatable bonds is 7. The fraction of sp³-hybridized carbons (Fsp3) is 0.393. The summed E-state index contributed by atoms with van der Waals surface area (Å²) in [5.41, 5.74) is 1.61. The zero-order valence-electron chi connectivity index (χ0n) is 21.4. The molecule has 1 aromatic heterocycles. The van der Waals surface area contributed by atoms with Crippen molar-refractivity contribution in [2.24, 2.45) is 0 Å². The number of halogens is 3. The first-order valence-corrected chi connectivity index (χ1v) is 12.9. The van der Waals surface area contributed by atoms with E-state index in [4.69, 9.17) is 9.26 Å². The Kier molecular flexibility index (Phi) is 7.60. The van der Waals surface area contributed by atoms with Crippen molar-refractivity contribution in [3.05, 3.63) is 64.9 Å². The number of benzene rings is 2. The Bertz CT molecular complexity index is 1360. The molecule has 8 nitrogen and oxygen atoms in total. The van der Waals surface area contributed by atoms with Crippen molar-refractivity contribution in [3.63, 3.8) is 0 Å². The lowest BCUT2D eigenvalue weighted by atomic mass is 10.0. The van der Waals surface area contributed by atoms with E-state index in [1.54, 1.807) is 18.2 Å². The number of carbonyl (C=O) groups excluding carboxylic acids is 2. The second-order valence-electron chi connectivity index (χ2n) is 9.87. The molecule has 2 amide bonds. The van der Waals surface area contributed by atoms with E-state index in [9.17, 15) is 22.8 Å². The second-order valence-corrected chi connectivity index (χ2v) is 9.87. The first-order valence-electron chi connectivity index (χ1n) is 12.9. The molecule has 11 heteroatoms. The maximum atomic E-state index is 13.6. The molecular formula is C28H29F3N4O4. The van der Waals surface area contributed by atoms with Crippen molar-refractivity contribution in [1.29, 1.82) is 0 Å². The van der Waals surface area contributed by atoms with Gasteiger partial charge in [0.25, 0.3) is 11.8 Å². The highest BCUT2D eigenvalue weighted by Gasteiger charge is 2.32. The number of amides is 2. The Morgan fingerprint density at radius 3 is 2.56 bits per heavy atom. The quantitative estimate of drug-likeness (QED) is 0.413. The summed E-state index contributed by atoms with van der Waals surface area (Å²) in [4.78, 5) is 27.4. The molecule has 3 heterocycles. The van der Waals surface area contributed by atoms with Crippen molar-refractivity contribution in [2.45, 2.75) is 44.9 Å². The number of alkyl halides is 3. The lowest BCUT2D eigenvalue weighted by Gasteiger charge is -2.20. The fourth-order valence-corrected chi connectivity index (χ4v) is 4.85. The molecule has 2 saturated heterocycles. The molecule has 3 aromatic rings. The predicted octanol–water partition coefficient (Wildman–Crippen LogP) is 5.43. The van der Waals surface area contributed by atoms with Crippen molar-refractivity contribution in [2.75, 3.05) is 36.5 Å². The standard InChI is InChI=1S/C28H29F3N4O4/c1-17-6-7-20(14-23(17)24-15-25(39-34-24)27(37)32-16-22-5-4-10-38-22)33-26(36)18-11-19(28(29,30)31)13-21(12-18)35-8-2-3-9-35/h6-7,11-15,22H,2-5,8-10,16H2,1H3,(H,32,37)(H,33,36). The van der Waals surface area contributed by atoms with Crippen molar-refractivity contribution in [3.8, 4) is 11.3 Å². The molecule has 0 aliphatic carbocycles. The van der Waals surface area contributed by atoms with Gasteiger partial charge in [0.1, 0.15) is 5.69 Å². The fourth-order valence-electron chi connectivity index (χ4n) is 4.85. The minimum absolute atomic E-state index is 0.0119. The Morgan fingerprint density at radius 2 is 1.85 bits per heavy atom. The van der Waals surface area contributed by atoms with Gasteiger partial charge < -0.3 is 24.8 Å². The normalized spacial score (nSPS) is 17.4. The number of aromatic nitrogens is 1. The molecule has 0 spiro atoms. The summed E-state index contributed by atoms with van der Waals surface area (Å²) >= 11 is 0. The van der Waals surface area contributed by atoms with Crippen LogP contribution in [0.5, 0.6) is 0 Å². The molecule has 2 N–H and O–H groups in total. The van der Waals surface area contributed by atoms with E-state index in [2.05, 4.69) is 15.8 Å². The molecule has 2 aliphatic rings. The molecule has 1 atom stereocenters. The van der Waals surface area contributed by atoms with Crippen molar-refractivity contribution in [1.82, 2.24) is 10.5 Å². The monoisotopic (exact) mass is 542 g/mol. The number of nitrogens with zero attached hydrogens (tertiary/aromatic N) is 2. The highest BCUT2D eigenvalue weighted by Crippen LogP contribution is 2.34. The lowest BCUT2D eigenvalue weighted by Crippen LogP contribution is -2.31. The van der Waals surface area contributed by atoms with Crippen LogP contribution in [0.4, 0.5) is 24.5 Å². The summed E-state index contributed by atoms with van der Waals surface area (Å²) in [7, 11) is 0. The molecule has 5 rings (SSSR count). The molecular weight excluding hydrogens is 513 g/mol. The van der Waals surface area contributed by atoms with Gasteiger partial charge in [0, 0.05) is 54.8 Å². The SMILES string of the molecule is Cc1ccc(NC(=O)c2cc(N3CCCC3)cc(C(F)(F)F)c2)cc1-c1cc(C(=O)NCC2CCCO2)on1. The second kappa shape index (κ2) is 11.1. The Hall–Kier alpha value is -3.86. The number of ether oxygens (including phenoxy) is 1. The molecule has 2 aromatic carbocycles. The zero-order valence-corrected chi connectivity index (χ0v) is 21.4. The Balaban J connectivity index is 1.33. The summed E-state index contributed by atoms with van der Waals surface area (Å²) in [5, 5.41) is 9.48. The highest BCUT2D eigenvalue weighted by atomic mass is 19.4. The third kappa shape index (κ3) is 6.25. The van der Waals surface area contributed by atoms with Gasteiger partial charge in [-0.3, -0.25) is 9.59 Å². The minimum atomic E-state index is -4.58. The average Bonchev–Trinajstić information content (AvgIpc) is 3.70. The van der Waals surface area contributed by atoms with Gasteiger partial charge in [-0.1, -0.05) is 11.2 Å². The average molecular weight is 543 g/mol. The molecule has 0 saturated carbocycles. The van der Waals surface area contributed by atoms with E-state index in [0.29, 0.717) is 48.9 Å². The number of carbonyl (C=O) groups is 2. The van der Waals surface area contributed by atoms with Crippen LogP contribution in [0.15, 0.2) is 47.0 Å². The molecule has 39 heavy (non-hydrogen) atoms.